The molecule has 0 saturated heterocycles. The first-order valence-electron chi connectivity index (χ1n) is 27.0. The zero-order chi connectivity index (χ0) is 57.5. The van der Waals surface area contributed by atoms with Crippen molar-refractivity contribution >= 4 is 10.8 Å². The maximum Gasteiger partial charge on any atom is 0.125 e. The fourth-order valence-corrected chi connectivity index (χ4v) is 4.68. The van der Waals surface area contributed by atoms with Gasteiger partial charge in [0.05, 0.1) is 11.4 Å². The lowest BCUT2D eigenvalue weighted by Crippen LogP contribution is -1.80. The van der Waals surface area contributed by atoms with E-state index in [2.05, 4.69) is 152 Å². The molecule has 0 spiro atoms. The van der Waals surface area contributed by atoms with Crippen LogP contribution >= 0.6 is 0 Å². The van der Waals surface area contributed by atoms with Gasteiger partial charge in [0.2, 0.25) is 0 Å². The van der Waals surface area contributed by atoms with Crippen LogP contribution in [0.3, 0.4) is 0 Å². The van der Waals surface area contributed by atoms with E-state index >= 15 is 0 Å². The number of hydrogen-bond acceptors (Lipinski definition) is 7. The number of hydrogen-bond donors (Lipinski definition) is 0. The summed E-state index contributed by atoms with van der Waals surface area (Å²) in [5.41, 5.74) is 8.19. The van der Waals surface area contributed by atoms with Crippen LogP contribution in [0.5, 0.6) is 0 Å². The fourth-order valence-electron chi connectivity index (χ4n) is 4.68. The Labute approximate surface area is 454 Å². The Bertz CT molecular complexity index is 2060. The molecule has 9 aromatic rings. The van der Waals surface area contributed by atoms with E-state index in [9.17, 15) is 0 Å². The fraction of sp³-hybridized carbons (Fsp3) is 0.328. The van der Waals surface area contributed by atoms with E-state index in [1.165, 1.54) is 33.0 Å². The van der Waals surface area contributed by atoms with Crippen molar-refractivity contribution in [3.8, 4) is 11.1 Å². The molecule has 0 amide bonds. The summed E-state index contributed by atoms with van der Waals surface area (Å²) in [5, 5.41) is 10.0. The monoisotopic (exact) mass is 1000 g/mol. The van der Waals surface area contributed by atoms with Gasteiger partial charge in [-0.15, -0.1) is 0 Å². The van der Waals surface area contributed by atoms with Gasteiger partial charge in [-0.05, 0) is 93.8 Å². The van der Waals surface area contributed by atoms with Crippen LogP contribution in [-0.2, 0) is 0 Å². The Balaban J connectivity index is -0.000000176. The molecule has 7 heteroatoms. The van der Waals surface area contributed by atoms with E-state index in [1.54, 1.807) is 49.4 Å². The van der Waals surface area contributed by atoms with Gasteiger partial charge in [0.25, 0.3) is 0 Å². The molecule has 0 atom stereocenters. The van der Waals surface area contributed by atoms with E-state index in [-0.39, 0.29) is 0 Å². The van der Waals surface area contributed by atoms with E-state index < -0.39 is 0 Å². The Morgan fingerprint density at radius 1 is 0.270 bits per heavy atom. The van der Waals surface area contributed by atoms with Crippen LogP contribution in [0.25, 0.3) is 21.9 Å². The van der Waals surface area contributed by atoms with Crippen molar-refractivity contribution < 1.29 is 0 Å². The third kappa shape index (κ3) is 49.7. The average molecular weight is 1000 g/mol. The summed E-state index contributed by atoms with van der Waals surface area (Å²) in [6.45, 7) is 43.9. The van der Waals surface area contributed by atoms with Crippen LogP contribution in [0.1, 0.15) is 145 Å². The summed E-state index contributed by atoms with van der Waals surface area (Å²) in [6.07, 6.45) is 12.0. The minimum atomic E-state index is 0.822. The number of fused-ring (bicyclic) bond motifs is 1. The quantitative estimate of drug-likeness (QED) is 0.162. The molecule has 7 nitrogen and oxygen atoms in total. The Morgan fingerprint density at radius 2 is 0.689 bits per heavy atom. The summed E-state index contributed by atoms with van der Waals surface area (Å²) in [7, 11) is 0. The van der Waals surface area contributed by atoms with Crippen LogP contribution in [0, 0.1) is 41.5 Å². The highest BCUT2D eigenvalue weighted by Gasteiger charge is 1.92. The zero-order valence-electron chi connectivity index (χ0n) is 50.3. The molecular weight excluding hydrogens is 903 g/mol. The molecule has 0 aliphatic rings. The van der Waals surface area contributed by atoms with Crippen molar-refractivity contribution in [2.75, 3.05) is 0 Å². The normalized spacial score (nSPS) is 7.86. The van der Waals surface area contributed by atoms with Gasteiger partial charge in [0, 0.05) is 49.1 Å². The molecule has 0 aliphatic carbocycles. The Kier molecular flexibility index (Phi) is 69.5. The van der Waals surface area contributed by atoms with Crippen LogP contribution in [-0.4, -0.2) is 35.1 Å². The number of nitrogens with zero attached hydrogens (tertiary/aromatic N) is 7. The van der Waals surface area contributed by atoms with Gasteiger partial charge in [-0.25, -0.2) is 9.97 Å². The topological polar surface area (TPSA) is 90.2 Å². The van der Waals surface area contributed by atoms with Gasteiger partial charge >= 0.3 is 0 Å². The molecule has 4 heterocycles. The van der Waals surface area contributed by atoms with E-state index in [0.717, 1.165) is 22.9 Å². The molecule has 0 saturated carbocycles. The maximum atomic E-state index is 3.98. The third-order valence-corrected chi connectivity index (χ3v) is 7.63. The first kappa shape index (κ1) is 78.2. The maximum absolute atomic E-state index is 3.98. The number of rotatable bonds is 1. The van der Waals surface area contributed by atoms with Crippen LogP contribution in [0.4, 0.5) is 0 Å². The predicted octanol–water partition coefficient (Wildman–Crippen LogP) is 20.5. The van der Waals surface area contributed by atoms with Crippen molar-refractivity contribution in [1.29, 1.82) is 0 Å². The largest absolute Gasteiger partial charge is 0.262 e. The highest BCUT2D eigenvalue weighted by molar-refractivity contribution is 5.82. The van der Waals surface area contributed by atoms with E-state index in [0.29, 0.717) is 0 Å². The standard InChI is InChI=1S/C12H10.C11H10.C7H8.C6H7N.3C5H6N2.8C2H6/c1-3-7-11(8-4-1)12-9-5-2-6-10-12;1-9-6-7-10-4-2-3-5-11(10)8-9;1-7-5-3-2-4-6-7;1-6-4-2-3-5-7-6;1-5-4-6-2-3-7-5;1-5-6-3-2-4-7-5;1-5-3-2-4-6-7-5;8*1-2/h1-10H;2-8H,1H3;2-6H,1H3;2-5H,1H3;3*2-4H,1H3;8*1-2H3. The van der Waals surface area contributed by atoms with Gasteiger partial charge in [-0.2, -0.15) is 10.2 Å². The first-order chi connectivity index (χ1) is 36.3. The van der Waals surface area contributed by atoms with Crippen LogP contribution < -0.4 is 0 Å². The van der Waals surface area contributed by atoms with E-state index in [4.69, 9.17) is 0 Å². The highest BCUT2D eigenvalue weighted by atomic mass is 15.1. The molecule has 5 aromatic carbocycles. The smallest absolute Gasteiger partial charge is 0.125 e. The Hall–Kier alpha value is -7.25. The lowest BCUT2D eigenvalue weighted by Gasteiger charge is -1.98. The van der Waals surface area contributed by atoms with Crippen LogP contribution in [0.15, 0.2) is 213 Å². The number of pyridine rings is 1. The summed E-state index contributed by atoms with van der Waals surface area (Å²) < 4.78 is 0. The van der Waals surface area contributed by atoms with E-state index in [1.807, 2.05) is 199 Å². The van der Waals surface area contributed by atoms with Gasteiger partial charge < -0.3 is 0 Å². The lowest BCUT2D eigenvalue weighted by molar-refractivity contribution is 0.980. The van der Waals surface area contributed by atoms with Gasteiger partial charge in [-0.1, -0.05) is 261 Å². The van der Waals surface area contributed by atoms with Crippen LogP contribution in [0.2, 0.25) is 0 Å². The summed E-state index contributed by atoms with van der Waals surface area (Å²) in [6, 6.07) is 57.4. The molecule has 0 fully saturated rings. The summed E-state index contributed by atoms with van der Waals surface area (Å²) in [5.74, 6) is 0.822. The second-order valence-electron chi connectivity index (χ2n) is 12.7. The molecular formula is C67H101N7. The molecule has 0 unspecified atom stereocenters. The zero-order valence-corrected chi connectivity index (χ0v) is 50.3. The van der Waals surface area contributed by atoms with Crippen molar-refractivity contribution in [1.82, 2.24) is 35.1 Å². The number of benzene rings is 5. The number of aromatic nitrogens is 7. The number of aryl methyl sites for hydroxylation is 6. The van der Waals surface area contributed by atoms with Gasteiger partial charge in [0.15, 0.2) is 0 Å². The molecule has 0 N–H and O–H groups in total. The average Bonchev–Trinajstić information content (AvgIpc) is 3.50. The highest BCUT2D eigenvalue weighted by Crippen LogP contribution is 2.17. The van der Waals surface area contributed by atoms with Gasteiger partial charge in [-0.3, -0.25) is 15.0 Å². The molecule has 0 radical (unpaired) electrons. The second-order valence-corrected chi connectivity index (χ2v) is 12.7. The third-order valence-electron chi connectivity index (χ3n) is 7.63. The molecule has 4 aromatic heterocycles. The molecule has 0 aliphatic heterocycles. The molecule has 404 valence electrons. The molecule has 74 heavy (non-hydrogen) atoms. The van der Waals surface area contributed by atoms with Gasteiger partial charge in [0.1, 0.15) is 5.82 Å². The SMILES string of the molecule is CC.CC.CC.CC.CC.CC.CC.CC.Cc1ccc2ccccc2c1.Cc1ccccc1.Cc1ccccn1.Cc1cccnn1.Cc1cnccn1.Cc1ncccn1.c1ccc(-c2ccccc2)cc1. The minimum Gasteiger partial charge on any atom is -0.262 e. The first-order valence-corrected chi connectivity index (χ1v) is 27.0. The Morgan fingerprint density at radius 3 is 0.986 bits per heavy atom. The lowest BCUT2D eigenvalue weighted by atomic mass is 10.1. The van der Waals surface area contributed by atoms with Crippen molar-refractivity contribution in [3.63, 3.8) is 0 Å². The molecule has 9 rings (SSSR count). The second kappa shape index (κ2) is 65.8. The predicted molar refractivity (Wildman–Crippen MR) is 332 cm³/mol. The minimum absolute atomic E-state index is 0.822. The van der Waals surface area contributed by atoms with Crippen molar-refractivity contribution in [2.45, 2.75) is 152 Å². The van der Waals surface area contributed by atoms with Crippen molar-refractivity contribution in [2.24, 2.45) is 0 Å². The van der Waals surface area contributed by atoms with Crippen molar-refractivity contribution in [3.05, 3.63) is 247 Å². The molecule has 0 bridgehead atoms. The summed E-state index contributed by atoms with van der Waals surface area (Å²) >= 11 is 0. The summed E-state index contributed by atoms with van der Waals surface area (Å²) in [4.78, 5) is 19.5.